The van der Waals surface area contributed by atoms with E-state index in [9.17, 15) is 9.59 Å². The molecule has 166 valence electrons. The van der Waals surface area contributed by atoms with E-state index in [0.717, 1.165) is 27.8 Å². The van der Waals surface area contributed by atoms with Gasteiger partial charge in [0.05, 0.1) is 31.3 Å². The predicted molar refractivity (Wildman–Crippen MR) is 120 cm³/mol. The average Bonchev–Trinajstić information content (AvgIpc) is 2.83. The first kappa shape index (κ1) is 21.7. The minimum atomic E-state index is -0.272. The number of carbonyl (C=O) groups is 1. The Kier molecular flexibility index (Phi) is 6.29. The van der Waals surface area contributed by atoms with Crippen LogP contribution in [0.5, 0.6) is 5.88 Å². The summed E-state index contributed by atoms with van der Waals surface area (Å²) in [5, 5.41) is 4.38. The molecule has 32 heavy (non-hydrogen) atoms. The lowest BCUT2D eigenvalue weighted by Gasteiger charge is -2.26. The van der Waals surface area contributed by atoms with Gasteiger partial charge in [-0.1, -0.05) is 13.0 Å². The number of fused-ring (bicyclic) bond motifs is 1. The summed E-state index contributed by atoms with van der Waals surface area (Å²) in [5.74, 6) is 0.106. The normalized spacial score (nSPS) is 14.3. The Morgan fingerprint density at radius 2 is 2.19 bits per heavy atom. The minimum absolute atomic E-state index is 0.0780. The summed E-state index contributed by atoms with van der Waals surface area (Å²) in [6.45, 7) is 3.37. The summed E-state index contributed by atoms with van der Waals surface area (Å²) < 4.78 is 5.38. The van der Waals surface area contributed by atoms with Crippen LogP contribution in [0.15, 0.2) is 41.3 Å². The van der Waals surface area contributed by atoms with E-state index in [4.69, 9.17) is 9.57 Å². The van der Waals surface area contributed by atoms with Gasteiger partial charge in [-0.25, -0.2) is 4.98 Å². The number of hydroxylamine groups is 2. The molecule has 0 aromatic carbocycles. The lowest BCUT2D eigenvalue weighted by Crippen LogP contribution is -2.28. The number of hydrogen-bond acceptors (Lipinski definition) is 7. The fourth-order valence-electron chi connectivity index (χ4n) is 3.60. The monoisotopic (exact) mass is 435 g/mol. The van der Waals surface area contributed by atoms with Gasteiger partial charge in [-0.3, -0.25) is 19.4 Å². The quantitative estimate of drug-likeness (QED) is 0.610. The van der Waals surface area contributed by atoms with Crippen molar-refractivity contribution in [2.45, 2.75) is 19.9 Å². The molecule has 0 fully saturated rings. The molecule has 2 N–H and O–H groups in total. The summed E-state index contributed by atoms with van der Waals surface area (Å²) in [6, 6.07) is 7.24. The summed E-state index contributed by atoms with van der Waals surface area (Å²) in [4.78, 5) is 41.5. The Morgan fingerprint density at radius 1 is 1.34 bits per heavy atom. The molecule has 4 heterocycles. The van der Waals surface area contributed by atoms with Crippen LogP contribution in [0.2, 0.25) is 0 Å². The Morgan fingerprint density at radius 3 is 2.88 bits per heavy atom. The van der Waals surface area contributed by atoms with E-state index in [2.05, 4.69) is 20.3 Å². The number of methoxy groups -OCH3 is 1. The summed E-state index contributed by atoms with van der Waals surface area (Å²) >= 11 is 0. The van der Waals surface area contributed by atoms with Gasteiger partial charge in [0.1, 0.15) is 5.69 Å². The van der Waals surface area contributed by atoms with Crippen molar-refractivity contribution in [2.24, 2.45) is 0 Å². The number of nitrogens with one attached hydrogen (secondary N) is 2. The molecule has 1 aliphatic rings. The molecule has 9 heteroatoms. The van der Waals surface area contributed by atoms with Gasteiger partial charge in [-0.2, -0.15) is 5.06 Å². The number of ether oxygens (including phenoxy) is 1. The van der Waals surface area contributed by atoms with Crippen molar-refractivity contribution in [3.05, 3.63) is 69.3 Å². The zero-order valence-corrected chi connectivity index (χ0v) is 18.3. The number of H-pyrrole nitrogens is 1. The molecule has 0 saturated carbocycles. The first-order chi connectivity index (χ1) is 15.5. The molecule has 0 unspecified atom stereocenters. The third kappa shape index (κ3) is 4.39. The molecule has 0 atom stereocenters. The molecule has 0 aliphatic carbocycles. The van der Waals surface area contributed by atoms with Crippen LogP contribution in [0.1, 0.15) is 34.1 Å². The van der Waals surface area contributed by atoms with Crippen molar-refractivity contribution in [1.82, 2.24) is 25.3 Å². The number of pyridine rings is 3. The molecule has 3 aromatic heterocycles. The van der Waals surface area contributed by atoms with E-state index in [1.54, 1.807) is 19.3 Å². The van der Waals surface area contributed by atoms with Crippen LogP contribution in [-0.4, -0.2) is 53.2 Å². The molecule has 9 nitrogen and oxygen atoms in total. The van der Waals surface area contributed by atoms with Crippen molar-refractivity contribution in [1.29, 1.82) is 0 Å². The van der Waals surface area contributed by atoms with Gasteiger partial charge in [-0.15, -0.1) is 0 Å². The third-order valence-corrected chi connectivity index (χ3v) is 5.37. The Hall–Kier alpha value is -3.56. The molecular formula is C23H25N5O4. The number of carbonyl (C=O) groups excluding carboxylic acids is 1. The van der Waals surface area contributed by atoms with Gasteiger partial charge in [0.25, 0.3) is 11.5 Å². The maximum Gasteiger partial charge on any atom is 0.269 e. The van der Waals surface area contributed by atoms with Crippen LogP contribution < -0.4 is 15.6 Å². The number of aromatic nitrogens is 3. The zero-order chi connectivity index (χ0) is 22.7. The third-order valence-electron chi connectivity index (χ3n) is 5.37. The molecule has 1 aliphatic heterocycles. The molecule has 3 aromatic rings. The molecule has 0 bridgehead atoms. The molecule has 1 amide bonds. The number of aromatic amines is 1. The second-order valence-corrected chi connectivity index (χ2v) is 7.41. The van der Waals surface area contributed by atoms with Crippen LogP contribution in [0, 0.1) is 0 Å². The SMILES string of the molecule is CCc1cc2ncc(CN3CC=C(c4ccc(C(=O)NC)nc4OC)CO3)cc2[nH]c1=O. The first-order valence-corrected chi connectivity index (χ1v) is 10.4. The molecule has 4 rings (SSSR count). The Labute approximate surface area is 185 Å². The van der Waals surface area contributed by atoms with Gasteiger partial charge < -0.3 is 15.0 Å². The second kappa shape index (κ2) is 9.29. The van der Waals surface area contributed by atoms with Gasteiger partial charge in [0.2, 0.25) is 5.88 Å². The van der Waals surface area contributed by atoms with Gasteiger partial charge >= 0.3 is 0 Å². The largest absolute Gasteiger partial charge is 0.481 e. The van der Waals surface area contributed by atoms with Gasteiger partial charge in [0.15, 0.2) is 0 Å². The van der Waals surface area contributed by atoms with E-state index < -0.39 is 0 Å². The predicted octanol–water partition coefficient (Wildman–Crippen LogP) is 2.08. The number of nitrogens with zero attached hydrogens (tertiary/aromatic N) is 3. The first-order valence-electron chi connectivity index (χ1n) is 10.4. The number of hydrogen-bond donors (Lipinski definition) is 2. The van der Waals surface area contributed by atoms with Crippen molar-refractivity contribution < 1.29 is 14.4 Å². The topological polar surface area (TPSA) is 109 Å². The molecule has 0 saturated heterocycles. The smallest absolute Gasteiger partial charge is 0.269 e. The van der Waals surface area contributed by atoms with E-state index in [1.807, 2.05) is 36.3 Å². The van der Waals surface area contributed by atoms with Crippen LogP contribution in [0.3, 0.4) is 0 Å². The highest BCUT2D eigenvalue weighted by molar-refractivity contribution is 5.92. The van der Waals surface area contributed by atoms with E-state index >= 15 is 0 Å². The summed E-state index contributed by atoms with van der Waals surface area (Å²) in [5.41, 5.74) is 5.08. The maximum absolute atomic E-state index is 12.1. The van der Waals surface area contributed by atoms with Crippen molar-refractivity contribution in [3.8, 4) is 5.88 Å². The molecule has 0 spiro atoms. The van der Waals surface area contributed by atoms with Crippen molar-refractivity contribution in [3.63, 3.8) is 0 Å². The number of amides is 1. The summed E-state index contributed by atoms with van der Waals surface area (Å²) in [6.07, 6.45) is 4.51. The summed E-state index contributed by atoms with van der Waals surface area (Å²) in [7, 11) is 3.08. The zero-order valence-electron chi connectivity index (χ0n) is 18.3. The van der Waals surface area contributed by atoms with Crippen molar-refractivity contribution >= 4 is 22.5 Å². The second-order valence-electron chi connectivity index (χ2n) is 7.41. The fraction of sp³-hybridized carbons (Fsp3) is 0.304. The van der Waals surface area contributed by atoms with Crippen LogP contribution in [0.25, 0.3) is 16.6 Å². The fourth-order valence-corrected chi connectivity index (χ4v) is 3.60. The Bertz CT molecular complexity index is 1250. The van der Waals surface area contributed by atoms with Crippen LogP contribution >= 0.6 is 0 Å². The van der Waals surface area contributed by atoms with Gasteiger partial charge in [-0.05, 0) is 41.8 Å². The highest BCUT2D eigenvalue weighted by atomic mass is 16.7. The minimum Gasteiger partial charge on any atom is -0.481 e. The maximum atomic E-state index is 12.1. The lowest BCUT2D eigenvalue weighted by atomic mass is 10.1. The molecule has 0 radical (unpaired) electrons. The molecular weight excluding hydrogens is 410 g/mol. The number of rotatable bonds is 6. The van der Waals surface area contributed by atoms with Crippen LogP contribution in [-0.2, 0) is 17.8 Å². The van der Waals surface area contributed by atoms with Crippen LogP contribution in [0.4, 0.5) is 0 Å². The highest BCUT2D eigenvalue weighted by Gasteiger charge is 2.19. The van der Waals surface area contributed by atoms with E-state index in [1.165, 1.54) is 7.11 Å². The number of aryl methyl sites for hydroxylation is 1. The average molecular weight is 435 g/mol. The van der Waals surface area contributed by atoms with Crippen molar-refractivity contribution in [2.75, 3.05) is 27.3 Å². The van der Waals surface area contributed by atoms with Gasteiger partial charge in [0, 0.05) is 30.9 Å². The highest BCUT2D eigenvalue weighted by Crippen LogP contribution is 2.27. The lowest BCUT2D eigenvalue weighted by molar-refractivity contribution is -0.150. The standard InChI is InChI=1S/C23H25N5O4/c1-4-15-10-19-20(26-21(15)29)9-14(11-25-19)12-28-8-7-16(13-32-28)17-5-6-18(22(30)24-2)27-23(17)31-3/h5-7,9-11H,4,8,12-13H2,1-3H3,(H,24,30)(H,26,29). The van der Waals surface area contributed by atoms with E-state index in [0.29, 0.717) is 43.2 Å². The Balaban J connectivity index is 1.49. The van der Waals surface area contributed by atoms with E-state index in [-0.39, 0.29) is 11.5 Å².